The van der Waals surface area contributed by atoms with Crippen LogP contribution in [0.3, 0.4) is 0 Å². The molecule has 1 atom stereocenters. The molecule has 0 amide bonds. The van der Waals surface area contributed by atoms with Crippen molar-refractivity contribution < 1.29 is 13.7 Å². The molecule has 0 radical (unpaired) electrons. The Kier molecular flexibility index (Phi) is 4.03. The van der Waals surface area contributed by atoms with Crippen LogP contribution >= 0.6 is 0 Å². The van der Waals surface area contributed by atoms with Crippen LogP contribution in [0.4, 0.5) is 10.1 Å². The minimum Gasteiger partial charge on any atom is -0.614 e. The number of hydrogen-bond donors (Lipinski definition) is 1. The van der Waals surface area contributed by atoms with Crippen LogP contribution in [-0.4, -0.2) is 23.8 Å². The Morgan fingerprint density at radius 2 is 2.29 bits per heavy atom. The molecule has 1 unspecified atom stereocenters. The molecule has 1 rings (SSSR count). The minimum atomic E-state index is -1.09. The standard InChI is InChI=1S/C9H12FNO2S/c1-11-7-3-4-9(8(10)5-7)13-6-14(2)12/h3-5,11H,6H2,1-2H3. The number of benzene rings is 1. The molecule has 0 aliphatic heterocycles. The van der Waals surface area contributed by atoms with Crippen molar-refractivity contribution in [2.45, 2.75) is 0 Å². The molecule has 78 valence electrons. The molecular weight excluding hydrogens is 205 g/mol. The summed E-state index contributed by atoms with van der Waals surface area (Å²) in [5, 5.41) is 2.80. The number of hydrogen-bond acceptors (Lipinski definition) is 3. The normalized spacial score (nSPS) is 12.3. The largest absolute Gasteiger partial charge is 0.614 e. The highest BCUT2D eigenvalue weighted by Gasteiger charge is 2.06. The monoisotopic (exact) mass is 217 g/mol. The van der Waals surface area contributed by atoms with Gasteiger partial charge in [-0.05, 0) is 23.3 Å². The molecule has 0 bridgehead atoms. The van der Waals surface area contributed by atoms with Gasteiger partial charge in [0.1, 0.15) is 0 Å². The van der Waals surface area contributed by atoms with Crippen LogP contribution in [-0.2, 0) is 11.2 Å². The van der Waals surface area contributed by atoms with E-state index in [9.17, 15) is 8.94 Å². The molecular formula is C9H12FNO2S. The first-order valence-electron chi connectivity index (χ1n) is 4.03. The summed E-state index contributed by atoms with van der Waals surface area (Å²) >= 11 is -1.09. The zero-order chi connectivity index (χ0) is 10.6. The third-order valence-corrected chi connectivity index (χ3v) is 2.05. The Morgan fingerprint density at radius 3 is 2.79 bits per heavy atom. The van der Waals surface area contributed by atoms with Crippen LogP contribution < -0.4 is 10.1 Å². The van der Waals surface area contributed by atoms with Crippen LogP contribution in [0, 0.1) is 5.82 Å². The smallest absolute Gasteiger partial charge is 0.244 e. The Morgan fingerprint density at radius 1 is 1.57 bits per heavy atom. The predicted molar refractivity (Wildman–Crippen MR) is 55.5 cm³/mol. The highest BCUT2D eigenvalue weighted by molar-refractivity contribution is 7.90. The molecule has 0 spiro atoms. The number of anilines is 1. The molecule has 0 saturated carbocycles. The lowest BCUT2D eigenvalue weighted by Crippen LogP contribution is -2.10. The van der Waals surface area contributed by atoms with E-state index in [2.05, 4.69) is 5.32 Å². The third-order valence-electron chi connectivity index (χ3n) is 1.60. The second-order valence-electron chi connectivity index (χ2n) is 2.73. The maximum absolute atomic E-state index is 13.2. The zero-order valence-electron chi connectivity index (χ0n) is 8.04. The topological polar surface area (TPSA) is 44.3 Å². The van der Waals surface area contributed by atoms with Gasteiger partial charge in [0, 0.05) is 18.8 Å². The van der Waals surface area contributed by atoms with Crippen LogP contribution in [0.5, 0.6) is 5.75 Å². The van der Waals surface area contributed by atoms with Crippen LogP contribution in [0.25, 0.3) is 0 Å². The first-order chi connectivity index (χ1) is 6.63. The number of halogens is 1. The first-order valence-corrected chi connectivity index (χ1v) is 5.76. The Labute approximate surface area is 85.4 Å². The van der Waals surface area contributed by atoms with Gasteiger partial charge < -0.3 is 14.6 Å². The van der Waals surface area contributed by atoms with E-state index in [4.69, 9.17) is 4.74 Å². The third kappa shape index (κ3) is 3.08. The fraction of sp³-hybridized carbons (Fsp3) is 0.333. The summed E-state index contributed by atoms with van der Waals surface area (Å²) in [7, 11) is 1.70. The first kappa shape index (κ1) is 11.1. The summed E-state index contributed by atoms with van der Waals surface area (Å²) in [5.41, 5.74) is 0.674. The molecule has 5 heteroatoms. The van der Waals surface area contributed by atoms with Gasteiger partial charge in [-0.2, -0.15) is 0 Å². The Bertz CT molecular complexity index is 307. The van der Waals surface area contributed by atoms with Crippen molar-refractivity contribution in [3.8, 4) is 5.75 Å². The van der Waals surface area contributed by atoms with Crippen LogP contribution in [0.2, 0.25) is 0 Å². The van der Waals surface area contributed by atoms with E-state index >= 15 is 0 Å². The number of ether oxygens (including phenoxy) is 1. The highest BCUT2D eigenvalue weighted by Crippen LogP contribution is 2.20. The predicted octanol–water partition coefficient (Wildman–Crippen LogP) is 1.58. The van der Waals surface area contributed by atoms with Crippen molar-refractivity contribution in [3.05, 3.63) is 24.0 Å². The van der Waals surface area contributed by atoms with Crippen molar-refractivity contribution in [2.24, 2.45) is 0 Å². The Hall–Kier alpha value is -0.940. The summed E-state index contributed by atoms with van der Waals surface area (Å²) in [5.74, 6) is -0.322. The molecule has 0 fully saturated rings. The van der Waals surface area contributed by atoms with Crippen molar-refractivity contribution in [2.75, 3.05) is 24.6 Å². The fourth-order valence-electron chi connectivity index (χ4n) is 0.920. The molecule has 0 aromatic heterocycles. The second kappa shape index (κ2) is 5.07. The Balaban J connectivity index is 2.69. The summed E-state index contributed by atoms with van der Waals surface area (Å²) in [6.45, 7) is 0. The molecule has 0 aliphatic rings. The maximum atomic E-state index is 13.2. The van der Waals surface area contributed by atoms with E-state index in [-0.39, 0.29) is 11.7 Å². The van der Waals surface area contributed by atoms with E-state index < -0.39 is 17.0 Å². The van der Waals surface area contributed by atoms with Gasteiger partial charge in [-0.1, -0.05) is 0 Å². The zero-order valence-corrected chi connectivity index (χ0v) is 8.86. The summed E-state index contributed by atoms with van der Waals surface area (Å²) in [6, 6.07) is 4.53. The molecule has 0 aliphatic carbocycles. The van der Waals surface area contributed by atoms with Gasteiger partial charge in [0.2, 0.25) is 5.94 Å². The highest BCUT2D eigenvalue weighted by atomic mass is 32.2. The van der Waals surface area contributed by atoms with Gasteiger partial charge in [-0.25, -0.2) is 4.39 Å². The van der Waals surface area contributed by atoms with Crippen molar-refractivity contribution in [1.82, 2.24) is 0 Å². The quantitative estimate of drug-likeness (QED) is 0.779. The summed E-state index contributed by atoms with van der Waals surface area (Å²) in [4.78, 5) is 0. The number of nitrogens with one attached hydrogen (secondary N) is 1. The lowest BCUT2D eigenvalue weighted by atomic mass is 10.3. The lowest BCUT2D eigenvalue weighted by molar-refractivity contribution is 0.356. The molecule has 1 aromatic rings. The molecule has 0 heterocycles. The lowest BCUT2D eigenvalue weighted by Gasteiger charge is -2.09. The molecule has 1 aromatic carbocycles. The average molecular weight is 217 g/mol. The number of rotatable bonds is 4. The molecule has 3 nitrogen and oxygen atoms in total. The average Bonchev–Trinajstić information content (AvgIpc) is 2.15. The van der Waals surface area contributed by atoms with Crippen molar-refractivity contribution in [3.63, 3.8) is 0 Å². The van der Waals surface area contributed by atoms with Crippen LogP contribution in [0.1, 0.15) is 0 Å². The van der Waals surface area contributed by atoms with Crippen molar-refractivity contribution >= 4 is 16.9 Å². The summed E-state index contributed by atoms with van der Waals surface area (Å²) < 4.78 is 28.9. The minimum absolute atomic E-state index is 0.00974. The van der Waals surface area contributed by atoms with Gasteiger partial charge in [0.05, 0.1) is 6.26 Å². The summed E-state index contributed by atoms with van der Waals surface area (Å²) in [6.07, 6.45) is 1.50. The van der Waals surface area contributed by atoms with Gasteiger partial charge in [0.15, 0.2) is 11.6 Å². The second-order valence-corrected chi connectivity index (χ2v) is 4.11. The van der Waals surface area contributed by atoms with E-state index in [0.717, 1.165) is 0 Å². The van der Waals surface area contributed by atoms with Gasteiger partial charge in [-0.3, -0.25) is 0 Å². The van der Waals surface area contributed by atoms with E-state index in [1.54, 1.807) is 13.1 Å². The van der Waals surface area contributed by atoms with E-state index in [1.165, 1.54) is 18.4 Å². The van der Waals surface area contributed by atoms with Crippen LogP contribution in [0.15, 0.2) is 18.2 Å². The van der Waals surface area contributed by atoms with E-state index in [1.807, 2.05) is 0 Å². The fourth-order valence-corrected chi connectivity index (χ4v) is 1.21. The molecule has 14 heavy (non-hydrogen) atoms. The van der Waals surface area contributed by atoms with Gasteiger partial charge in [-0.15, -0.1) is 0 Å². The van der Waals surface area contributed by atoms with Gasteiger partial charge in [0.25, 0.3) is 0 Å². The molecule has 0 saturated heterocycles. The molecule has 1 N–H and O–H groups in total. The van der Waals surface area contributed by atoms with Gasteiger partial charge >= 0.3 is 0 Å². The van der Waals surface area contributed by atoms with Crippen molar-refractivity contribution in [1.29, 1.82) is 0 Å². The van der Waals surface area contributed by atoms with E-state index in [0.29, 0.717) is 5.69 Å². The maximum Gasteiger partial charge on any atom is 0.244 e. The SMILES string of the molecule is CNc1ccc(OC[S+](C)[O-])c(F)c1.